The molecular formula is C19H12Cl2N4O4. The van der Waals surface area contributed by atoms with Gasteiger partial charge in [-0.1, -0.05) is 34.4 Å². The van der Waals surface area contributed by atoms with Crippen LogP contribution in [0.1, 0.15) is 23.2 Å². The zero-order chi connectivity index (χ0) is 20.5. The van der Waals surface area contributed by atoms with Crippen molar-refractivity contribution >= 4 is 52.6 Å². The van der Waals surface area contributed by atoms with Crippen LogP contribution in [0.2, 0.25) is 10.0 Å². The van der Waals surface area contributed by atoms with Crippen LogP contribution in [0.3, 0.4) is 0 Å². The van der Waals surface area contributed by atoms with E-state index in [1.54, 1.807) is 24.3 Å². The molecule has 8 nitrogen and oxygen atoms in total. The zero-order valence-corrected chi connectivity index (χ0v) is 16.2. The molecule has 29 heavy (non-hydrogen) atoms. The first kappa shape index (κ1) is 19.1. The predicted octanol–water partition coefficient (Wildman–Crippen LogP) is 3.95. The molecule has 1 saturated heterocycles. The van der Waals surface area contributed by atoms with Crippen molar-refractivity contribution in [3.8, 4) is 11.5 Å². The fourth-order valence-corrected chi connectivity index (χ4v) is 3.35. The molecule has 0 saturated carbocycles. The molecule has 0 spiro atoms. The Hall–Kier alpha value is -3.23. The summed E-state index contributed by atoms with van der Waals surface area (Å²) in [6.07, 6.45) is 0.320. The number of imide groups is 1. The Kier molecular flexibility index (Phi) is 5.04. The minimum atomic E-state index is -0.539. The van der Waals surface area contributed by atoms with E-state index in [-0.39, 0.29) is 42.1 Å². The summed E-state index contributed by atoms with van der Waals surface area (Å²) in [5.74, 6) is -1.02. The van der Waals surface area contributed by atoms with Gasteiger partial charge in [0.15, 0.2) is 0 Å². The van der Waals surface area contributed by atoms with E-state index >= 15 is 0 Å². The number of aromatic nitrogens is 2. The van der Waals surface area contributed by atoms with E-state index in [2.05, 4.69) is 15.5 Å². The number of halogens is 2. The van der Waals surface area contributed by atoms with Crippen molar-refractivity contribution in [3.05, 3.63) is 58.1 Å². The summed E-state index contributed by atoms with van der Waals surface area (Å²) in [4.78, 5) is 37.4. The van der Waals surface area contributed by atoms with Crippen LogP contribution in [-0.4, -0.2) is 27.9 Å². The van der Waals surface area contributed by atoms with Crippen LogP contribution in [0.5, 0.6) is 0 Å². The van der Waals surface area contributed by atoms with Crippen LogP contribution >= 0.6 is 23.2 Å². The number of hydrogen-bond acceptors (Lipinski definition) is 6. The molecule has 1 fully saturated rings. The van der Waals surface area contributed by atoms with E-state index in [1.165, 1.54) is 18.2 Å². The minimum absolute atomic E-state index is 0.115. The van der Waals surface area contributed by atoms with Crippen LogP contribution < -0.4 is 10.2 Å². The van der Waals surface area contributed by atoms with Gasteiger partial charge in [-0.05, 0) is 36.4 Å². The third-order valence-electron chi connectivity index (χ3n) is 4.23. The molecule has 2 aromatic carbocycles. The number of benzene rings is 2. The summed E-state index contributed by atoms with van der Waals surface area (Å²) < 4.78 is 5.45. The van der Waals surface area contributed by atoms with E-state index < -0.39 is 5.91 Å². The van der Waals surface area contributed by atoms with Crippen LogP contribution in [-0.2, 0) is 9.59 Å². The molecule has 4 rings (SSSR count). The van der Waals surface area contributed by atoms with Gasteiger partial charge >= 0.3 is 6.01 Å². The SMILES string of the molecule is O=C(Nc1nnc(-c2ccc(Cl)cc2Cl)o1)c1cccc(N2C(=O)CCC2=O)c1. The maximum Gasteiger partial charge on any atom is 0.322 e. The zero-order valence-electron chi connectivity index (χ0n) is 14.7. The summed E-state index contributed by atoms with van der Waals surface area (Å²) >= 11 is 12.0. The van der Waals surface area contributed by atoms with Gasteiger partial charge in [0.25, 0.3) is 11.8 Å². The van der Waals surface area contributed by atoms with Crippen molar-refractivity contribution < 1.29 is 18.8 Å². The third kappa shape index (κ3) is 3.85. The van der Waals surface area contributed by atoms with Gasteiger partial charge in [-0.2, -0.15) is 0 Å². The number of nitrogens with one attached hydrogen (secondary N) is 1. The van der Waals surface area contributed by atoms with E-state index in [4.69, 9.17) is 27.6 Å². The third-order valence-corrected chi connectivity index (χ3v) is 4.77. The van der Waals surface area contributed by atoms with E-state index in [0.717, 1.165) is 4.90 Å². The second-order valence-corrected chi connectivity index (χ2v) is 7.01. The van der Waals surface area contributed by atoms with Gasteiger partial charge < -0.3 is 4.42 Å². The molecule has 0 unspecified atom stereocenters. The van der Waals surface area contributed by atoms with Crippen LogP contribution in [0, 0.1) is 0 Å². The van der Waals surface area contributed by atoms with Crippen molar-refractivity contribution in [2.45, 2.75) is 12.8 Å². The lowest BCUT2D eigenvalue weighted by atomic mass is 10.2. The Morgan fingerprint density at radius 3 is 2.52 bits per heavy atom. The molecule has 1 aliphatic heterocycles. The van der Waals surface area contributed by atoms with E-state index in [0.29, 0.717) is 21.3 Å². The monoisotopic (exact) mass is 430 g/mol. The van der Waals surface area contributed by atoms with Gasteiger partial charge in [-0.25, -0.2) is 0 Å². The van der Waals surface area contributed by atoms with Crippen molar-refractivity contribution in [3.63, 3.8) is 0 Å². The van der Waals surface area contributed by atoms with Crippen LogP contribution in [0.25, 0.3) is 11.5 Å². The molecule has 1 aliphatic rings. The molecule has 0 bridgehead atoms. The Morgan fingerprint density at radius 1 is 1.03 bits per heavy atom. The second kappa shape index (κ2) is 7.65. The smallest absolute Gasteiger partial charge is 0.322 e. The number of rotatable bonds is 4. The minimum Gasteiger partial charge on any atom is -0.403 e. The number of carbonyl (C=O) groups is 3. The highest BCUT2D eigenvalue weighted by atomic mass is 35.5. The lowest BCUT2D eigenvalue weighted by molar-refractivity contribution is -0.121. The number of carbonyl (C=O) groups excluding carboxylic acids is 3. The van der Waals surface area contributed by atoms with Gasteiger partial charge in [0, 0.05) is 23.4 Å². The molecule has 2 heterocycles. The predicted molar refractivity (Wildman–Crippen MR) is 106 cm³/mol. The van der Waals surface area contributed by atoms with Crippen molar-refractivity contribution in [1.82, 2.24) is 10.2 Å². The van der Waals surface area contributed by atoms with Crippen LogP contribution in [0.4, 0.5) is 11.7 Å². The molecule has 0 atom stereocenters. The molecule has 146 valence electrons. The normalized spacial score (nSPS) is 13.8. The Labute approximate surface area is 174 Å². The van der Waals surface area contributed by atoms with Gasteiger partial charge in [0.05, 0.1) is 16.3 Å². The van der Waals surface area contributed by atoms with Gasteiger partial charge in [-0.15, -0.1) is 5.10 Å². The Morgan fingerprint density at radius 2 is 1.79 bits per heavy atom. The number of anilines is 2. The van der Waals surface area contributed by atoms with Gasteiger partial charge in [0.2, 0.25) is 11.8 Å². The first-order valence-corrected chi connectivity index (χ1v) is 9.24. The molecule has 1 N–H and O–H groups in total. The Balaban J connectivity index is 1.53. The summed E-state index contributed by atoms with van der Waals surface area (Å²) in [5, 5.41) is 10.9. The molecule has 3 aromatic rings. The van der Waals surface area contributed by atoms with Crippen molar-refractivity contribution in [2.75, 3.05) is 10.2 Å². The van der Waals surface area contributed by atoms with Gasteiger partial charge in [-0.3, -0.25) is 24.6 Å². The first-order valence-electron chi connectivity index (χ1n) is 8.48. The maximum absolute atomic E-state index is 12.5. The molecular weight excluding hydrogens is 419 g/mol. The van der Waals surface area contributed by atoms with E-state index in [9.17, 15) is 14.4 Å². The molecule has 3 amide bonds. The summed E-state index contributed by atoms with van der Waals surface area (Å²) in [5.41, 5.74) is 1.03. The van der Waals surface area contributed by atoms with Crippen molar-refractivity contribution in [1.29, 1.82) is 0 Å². The van der Waals surface area contributed by atoms with Gasteiger partial charge in [0.1, 0.15) is 0 Å². The maximum atomic E-state index is 12.5. The number of hydrogen-bond donors (Lipinski definition) is 1. The lowest BCUT2D eigenvalue weighted by Crippen LogP contribution is -2.28. The molecule has 0 radical (unpaired) electrons. The topological polar surface area (TPSA) is 105 Å². The summed E-state index contributed by atoms with van der Waals surface area (Å²) in [7, 11) is 0. The van der Waals surface area contributed by atoms with E-state index in [1.807, 2.05) is 0 Å². The molecule has 1 aromatic heterocycles. The Bertz CT molecular complexity index is 1130. The molecule has 10 heteroatoms. The molecule has 0 aliphatic carbocycles. The number of nitrogens with zero attached hydrogens (tertiary/aromatic N) is 3. The second-order valence-electron chi connectivity index (χ2n) is 6.16. The highest BCUT2D eigenvalue weighted by Crippen LogP contribution is 2.30. The first-order chi connectivity index (χ1) is 13.9. The fourth-order valence-electron chi connectivity index (χ4n) is 2.87. The van der Waals surface area contributed by atoms with Crippen molar-refractivity contribution in [2.24, 2.45) is 0 Å². The summed E-state index contributed by atoms with van der Waals surface area (Å²) in [6, 6.07) is 10.8. The standard InChI is InChI=1S/C19H12Cl2N4O4/c20-11-4-5-13(14(21)9-11)18-23-24-19(29-18)22-17(28)10-2-1-3-12(8-10)25-15(26)6-7-16(25)27/h1-5,8-9H,6-7H2,(H,22,24,28). The van der Waals surface area contributed by atoms with Crippen LogP contribution in [0.15, 0.2) is 46.9 Å². The quantitative estimate of drug-likeness (QED) is 0.628. The lowest BCUT2D eigenvalue weighted by Gasteiger charge is -2.14. The average Bonchev–Trinajstić information content (AvgIpc) is 3.28. The highest BCUT2D eigenvalue weighted by molar-refractivity contribution is 6.36. The number of amides is 3. The highest BCUT2D eigenvalue weighted by Gasteiger charge is 2.30. The largest absolute Gasteiger partial charge is 0.403 e. The average molecular weight is 431 g/mol. The summed E-state index contributed by atoms with van der Waals surface area (Å²) in [6.45, 7) is 0. The fraction of sp³-hybridized carbons (Fsp3) is 0.105.